The van der Waals surface area contributed by atoms with Gasteiger partial charge in [-0.25, -0.2) is 4.39 Å². The van der Waals surface area contributed by atoms with Gasteiger partial charge >= 0.3 is 0 Å². The lowest BCUT2D eigenvalue weighted by Crippen LogP contribution is -2.33. The van der Waals surface area contributed by atoms with E-state index in [-0.39, 0.29) is 23.1 Å². The molecule has 3 rings (SSSR count). The molecule has 1 amide bonds. The van der Waals surface area contributed by atoms with Crippen molar-refractivity contribution in [3.05, 3.63) is 34.6 Å². The highest BCUT2D eigenvalue weighted by Gasteiger charge is 2.57. The van der Waals surface area contributed by atoms with Crippen LogP contribution in [-0.2, 0) is 11.3 Å². The summed E-state index contributed by atoms with van der Waals surface area (Å²) in [5.74, 6) is -0.114. The second kappa shape index (κ2) is 5.34. The first-order valence-electron chi connectivity index (χ1n) is 7.03. The third-order valence-corrected chi connectivity index (χ3v) is 4.93. The van der Waals surface area contributed by atoms with E-state index in [0.717, 1.165) is 37.9 Å². The van der Waals surface area contributed by atoms with Gasteiger partial charge in [-0.3, -0.25) is 4.79 Å². The molecular formula is C15H18ClFN2O. The van der Waals surface area contributed by atoms with Crippen LogP contribution in [0.15, 0.2) is 18.2 Å². The SMILES string of the molecule is O=C(NCc1ccc(F)cc1Cl)[C@H]1CC12CCNCC2. The van der Waals surface area contributed by atoms with Crippen molar-refractivity contribution < 1.29 is 9.18 Å². The maximum Gasteiger partial charge on any atom is 0.223 e. The Hall–Kier alpha value is -1.13. The van der Waals surface area contributed by atoms with Gasteiger partial charge in [0.25, 0.3) is 0 Å². The van der Waals surface area contributed by atoms with Gasteiger partial charge in [0, 0.05) is 17.5 Å². The fraction of sp³-hybridized carbons (Fsp3) is 0.533. The molecule has 0 bridgehead atoms. The summed E-state index contributed by atoms with van der Waals surface area (Å²) in [5, 5.41) is 6.61. The van der Waals surface area contributed by atoms with E-state index in [1.54, 1.807) is 6.07 Å². The van der Waals surface area contributed by atoms with Crippen LogP contribution in [0.25, 0.3) is 0 Å². The Bertz CT molecular complexity index is 529. The summed E-state index contributed by atoms with van der Waals surface area (Å²) in [5.41, 5.74) is 0.989. The fourth-order valence-electron chi connectivity index (χ4n) is 3.17. The van der Waals surface area contributed by atoms with Gasteiger partial charge in [0.05, 0.1) is 0 Å². The minimum atomic E-state index is -0.360. The molecule has 1 aliphatic carbocycles. The molecule has 2 N–H and O–H groups in total. The highest BCUT2D eigenvalue weighted by molar-refractivity contribution is 6.31. The molecule has 2 aliphatic rings. The van der Waals surface area contributed by atoms with Crippen molar-refractivity contribution in [1.29, 1.82) is 0 Å². The molecule has 1 aromatic carbocycles. The molecule has 1 saturated heterocycles. The number of amides is 1. The predicted molar refractivity (Wildman–Crippen MR) is 75.9 cm³/mol. The van der Waals surface area contributed by atoms with Crippen LogP contribution in [0.3, 0.4) is 0 Å². The summed E-state index contributed by atoms with van der Waals surface area (Å²) in [4.78, 5) is 12.2. The number of carbonyl (C=O) groups is 1. The average molecular weight is 297 g/mol. The molecule has 1 heterocycles. The van der Waals surface area contributed by atoms with Crippen molar-refractivity contribution in [2.45, 2.75) is 25.8 Å². The average Bonchev–Trinajstić information content (AvgIpc) is 3.12. The number of nitrogens with one attached hydrogen (secondary N) is 2. The molecule has 108 valence electrons. The topological polar surface area (TPSA) is 41.1 Å². The quantitative estimate of drug-likeness (QED) is 0.900. The molecule has 0 radical (unpaired) electrons. The lowest BCUT2D eigenvalue weighted by atomic mass is 9.92. The summed E-state index contributed by atoms with van der Waals surface area (Å²) >= 11 is 5.95. The summed E-state index contributed by atoms with van der Waals surface area (Å²) in [6, 6.07) is 4.25. The third-order valence-electron chi connectivity index (χ3n) is 4.57. The van der Waals surface area contributed by atoms with Gasteiger partial charge in [-0.05, 0) is 55.5 Å². The van der Waals surface area contributed by atoms with E-state index in [1.807, 2.05) is 0 Å². The lowest BCUT2D eigenvalue weighted by molar-refractivity contribution is -0.123. The molecule has 2 fully saturated rings. The van der Waals surface area contributed by atoms with Crippen LogP contribution < -0.4 is 10.6 Å². The van der Waals surface area contributed by atoms with Crippen LogP contribution in [0.2, 0.25) is 5.02 Å². The predicted octanol–water partition coefficient (Wildman–Crippen LogP) is 2.49. The van der Waals surface area contributed by atoms with Crippen molar-refractivity contribution in [1.82, 2.24) is 10.6 Å². The molecular weight excluding hydrogens is 279 g/mol. The number of piperidine rings is 1. The molecule has 1 atom stereocenters. The summed E-state index contributed by atoms with van der Waals surface area (Å²) in [6.07, 6.45) is 3.17. The van der Waals surface area contributed by atoms with Crippen molar-refractivity contribution >= 4 is 17.5 Å². The van der Waals surface area contributed by atoms with Crippen LogP contribution in [0.1, 0.15) is 24.8 Å². The summed E-state index contributed by atoms with van der Waals surface area (Å²) in [7, 11) is 0. The Morgan fingerprint density at radius 3 is 2.90 bits per heavy atom. The van der Waals surface area contributed by atoms with Crippen LogP contribution in [0.5, 0.6) is 0 Å². The number of hydrogen-bond donors (Lipinski definition) is 2. The normalized spacial score (nSPS) is 23.6. The number of benzene rings is 1. The second-order valence-corrected chi connectivity index (χ2v) is 6.23. The largest absolute Gasteiger partial charge is 0.352 e. The minimum absolute atomic E-state index is 0.104. The van der Waals surface area contributed by atoms with Gasteiger partial charge in [0.15, 0.2) is 0 Å². The molecule has 0 unspecified atom stereocenters. The van der Waals surface area contributed by atoms with E-state index in [9.17, 15) is 9.18 Å². The monoisotopic (exact) mass is 296 g/mol. The molecule has 1 spiro atoms. The minimum Gasteiger partial charge on any atom is -0.352 e. The van der Waals surface area contributed by atoms with Crippen molar-refractivity contribution in [3.63, 3.8) is 0 Å². The molecule has 20 heavy (non-hydrogen) atoms. The number of halogens is 2. The molecule has 1 aromatic rings. The van der Waals surface area contributed by atoms with E-state index in [2.05, 4.69) is 10.6 Å². The summed E-state index contributed by atoms with van der Waals surface area (Å²) in [6.45, 7) is 2.38. The smallest absolute Gasteiger partial charge is 0.223 e. The highest BCUT2D eigenvalue weighted by atomic mass is 35.5. The highest BCUT2D eigenvalue weighted by Crippen LogP contribution is 2.58. The zero-order valence-electron chi connectivity index (χ0n) is 11.2. The zero-order chi connectivity index (χ0) is 14.2. The Morgan fingerprint density at radius 2 is 2.20 bits per heavy atom. The van der Waals surface area contributed by atoms with E-state index in [4.69, 9.17) is 11.6 Å². The molecule has 1 aliphatic heterocycles. The third kappa shape index (κ3) is 2.67. The van der Waals surface area contributed by atoms with Crippen LogP contribution in [-0.4, -0.2) is 19.0 Å². The maximum atomic E-state index is 12.9. The Balaban J connectivity index is 1.55. The van der Waals surface area contributed by atoms with Gasteiger partial charge < -0.3 is 10.6 Å². The van der Waals surface area contributed by atoms with Crippen molar-refractivity contribution in [3.8, 4) is 0 Å². The first-order valence-corrected chi connectivity index (χ1v) is 7.41. The Labute approximate surface area is 122 Å². The fourth-order valence-corrected chi connectivity index (χ4v) is 3.40. The van der Waals surface area contributed by atoms with E-state index in [0.29, 0.717) is 11.6 Å². The van der Waals surface area contributed by atoms with E-state index in [1.165, 1.54) is 12.1 Å². The first kappa shape index (κ1) is 13.8. The molecule has 5 heteroatoms. The molecule has 1 saturated carbocycles. The zero-order valence-corrected chi connectivity index (χ0v) is 12.0. The first-order chi connectivity index (χ1) is 9.61. The Kier molecular flexibility index (Phi) is 3.69. The number of rotatable bonds is 3. The van der Waals surface area contributed by atoms with Crippen molar-refractivity contribution in [2.75, 3.05) is 13.1 Å². The van der Waals surface area contributed by atoms with Gasteiger partial charge in [0.1, 0.15) is 5.82 Å². The second-order valence-electron chi connectivity index (χ2n) is 5.82. The standard InChI is InChI=1S/C15H18ClFN2O/c16-13-7-11(17)2-1-10(13)9-19-14(20)12-8-15(12)3-5-18-6-4-15/h1-2,7,12,18H,3-6,8-9H2,(H,19,20)/t12-/m1/s1. The number of carbonyl (C=O) groups excluding carboxylic acids is 1. The van der Waals surface area contributed by atoms with Crippen LogP contribution in [0.4, 0.5) is 4.39 Å². The van der Waals surface area contributed by atoms with Gasteiger partial charge in [-0.15, -0.1) is 0 Å². The van der Waals surface area contributed by atoms with Gasteiger partial charge in [-0.1, -0.05) is 17.7 Å². The molecule has 0 aromatic heterocycles. The summed E-state index contributed by atoms with van der Waals surface area (Å²) < 4.78 is 12.9. The number of hydrogen-bond acceptors (Lipinski definition) is 2. The van der Waals surface area contributed by atoms with E-state index >= 15 is 0 Å². The van der Waals surface area contributed by atoms with Crippen molar-refractivity contribution in [2.24, 2.45) is 11.3 Å². The van der Waals surface area contributed by atoms with Gasteiger partial charge in [-0.2, -0.15) is 0 Å². The van der Waals surface area contributed by atoms with Gasteiger partial charge in [0.2, 0.25) is 5.91 Å². The lowest BCUT2D eigenvalue weighted by Gasteiger charge is -2.23. The van der Waals surface area contributed by atoms with E-state index < -0.39 is 0 Å². The maximum absolute atomic E-state index is 12.9. The van der Waals surface area contributed by atoms with Crippen LogP contribution in [0, 0.1) is 17.2 Å². The Morgan fingerprint density at radius 1 is 1.45 bits per heavy atom. The molecule has 3 nitrogen and oxygen atoms in total. The van der Waals surface area contributed by atoms with Crippen LogP contribution >= 0.6 is 11.6 Å².